The number of ether oxygens (including phenoxy) is 2. The monoisotopic (exact) mass is 272 g/mol. The molecule has 0 spiro atoms. The molecule has 0 aromatic heterocycles. The van der Waals surface area contributed by atoms with E-state index in [0.29, 0.717) is 6.42 Å². The lowest BCUT2D eigenvalue weighted by molar-refractivity contribution is -0.180. The van der Waals surface area contributed by atoms with Gasteiger partial charge >= 0.3 is 11.9 Å². The molecule has 1 aliphatic carbocycles. The van der Waals surface area contributed by atoms with E-state index in [4.69, 9.17) is 9.47 Å². The van der Waals surface area contributed by atoms with E-state index in [2.05, 4.69) is 0 Å². The van der Waals surface area contributed by atoms with Crippen LogP contribution in [0.1, 0.15) is 23.5 Å². The number of methoxy groups -OCH3 is 1. The molecule has 0 radical (unpaired) electrons. The second-order valence-corrected chi connectivity index (χ2v) is 5.31. The van der Waals surface area contributed by atoms with Crippen LogP contribution in [-0.2, 0) is 19.1 Å². The molecule has 2 heterocycles. The van der Waals surface area contributed by atoms with Gasteiger partial charge in [0.25, 0.3) is 0 Å². The second-order valence-electron chi connectivity index (χ2n) is 5.31. The molecule has 4 nitrogen and oxygen atoms in total. The fourth-order valence-corrected chi connectivity index (χ4v) is 3.22. The van der Waals surface area contributed by atoms with E-state index in [1.807, 2.05) is 31.2 Å². The van der Waals surface area contributed by atoms with Gasteiger partial charge in [0, 0.05) is 5.92 Å². The Hall–Kier alpha value is -2.10. The van der Waals surface area contributed by atoms with E-state index in [1.54, 1.807) is 12.2 Å². The zero-order chi connectivity index (χ0) is 14.3. The molecule has 2 aliphatic heterocycles. The van der Waals surface area contributed by atoms with Gasteiger partial charge in [0.05, 0.1) is 7.11 Å². The first-order chi connectivity index (χ1) is 9.59. The van der Waals surface area contributed by atoms with Crippen molar-refractivity contribution in [1.29, 1.82) is 0 Å². The number of hydrogen-bond acceptors (Lipinski definition) is 4. The van der Waals surface area contributed by atoms with Crippen molar-refractivity contribution in [3.05, 3.63) is 47.5 Å². The highest BCUT2D eigenvalue weighted by Gasteiger charge is 2.59. The molecule has 0 N–H and O–H groups in total. The van der Waals surface area contributed by atoms with Crippen LogP contribution in [0.2, 0.25) is 0 Å². The molecule has 1 aromatic rings. The highest BCUT2D eigenvalue weighted by Crippen LogP contribution is 2.50. The van der Waals surface area contributed by atoms with Gasteiger partial charge in [-0.25, -0.2) is 0 Å². The van der Waals surface area contributed by atoms with E-state index in [0.717, 1.165) is 11.1 Å². The molecule has 20 heavy (non-hydrogen) atoms. The van der Waals surface area contributed by atoms with E-state index in [-0.39, 0.29) is 12.0 Å². The Morgan fingerprint density at radius 3 is 2.80 bits per heavy atom. The molecule has 2 bridgehead atoms. The molecule has 1 fully saturated rings. The molecule has 3 aliphatic rings. The number of carbonyl (C=O) groups excluding carboxylic acids is 2. The summed E-state index contributed by atoms with van der Waals surface area (Å²) in [5.74, 6) is -1.28. The number of rotatable bonds is 2. The average Bonchev–Trinajstić information content (AvgIpc) is 2.47. The lowest BCUT2D eigenvalue weighted by atomic mass is 9.64. The first kappa shape index (κ1) is 12.9. The predicted octanol–water partition coefficient (Wildman–Crippen LogP) is 2.12. The summed E-state index contributed by atoms with van der Waals surface area (Å²) in [7, 11) is 1.30. The van der Waals surface area contributed by atoms with Gasteiger partial charge in [-0.05, 0) is 30.5 Å². The van der Waals surface area contributed by atoms with Gasteiger partial charge in [-0.15, -0.1) is 0 Å². The zero-order valence-electron chi connectivity index (χ0n) is 11.5. The second kappa shape index (κ2) is 4.47. The predicted molar refractivity (Wildman–Crippen MR) is 72.0 cm³/mol. The third-order valence-electron chi connectivity index (χ3n) is 4.27. The zero-order valence-corrected chi connectivity index (χ0v) is 11.5. The third kappa shape index (κ3) is 1.60. The molecular weight excluding hydrogens is 256 g/mol. The quantitative estimate of drug-likeness (QED) is 0.470. The Balaban J connectivity index is 2.16. The van der Waals surface area contributed by atoms with E-state index < -0.39 is 17.4 Å². The van der Waals surface area contributed by atoms with Crippen LogP contribution >= 0.6 is 0 Å². The molecule has 104 valence electrons. The van der Waals surface area contributed by atoms with Crippen molar-refractivity contribution in [2.75, 3.05) is 7.11 Å². The van der Waals surface area contributed by atoms with Crippen LogP contribution in [0.5, 0.6) is 0 Å². The van der Waals surface area contributed by atoms with Crippen LogP contribution in [0.4, 0.5) is 0 Å². The molecule has 0 amide bonds. The van der Waals surface area contributed by atoms with Crippen molar-refractivity contribution in [1.82, 2.24) is 0 Å². The summed E-state index contributed by atoms with van der Waals surface area (Å²) in [4.78, 5) is 24.6. The minimum Gasteiger partial charge on any atom is -0.468 e. The fourth-order valence-electron chi connectivity index (χ4n) is 3.22. The smallest absolute Gasteiger partial charge is 0.328 e. The summed E-state index contributed by atoms with van der Waals surface area (Å²) in [6.07, 6.45) is 3.81. The topological polar surface area (TPSA) is 52.6 Å². The maximum atomic E-state index is 12.3. The molecule has 1 saturated heterocycles. The van der Waals surface area contributed by atoms with Gasteiger partial charge in [-0.2, -0.15) is 0 Å². The maximum Gasteiger partial charge on any atom is 0.328 e. The summed E-state index contributed by atoms with van der Waals surface area (Å²) in [5, 5.41) is 0. The van der Waals surface area contributed by atoms with Crippen LogP contribution in [0, 0.1) is 12.3 Å². The average molecular weight is 272 g/mol. The van der Waals surface area contributed by atoms with Crippen LogP contribution in [0.25, 0.3) is 0 Å². The minimum absolute atomic E-state index is 0.229. The van der Waals surface area contributed by atoms with Crippen molar-refractivity contribution >= 4 is 11.9 Å². The van der Waals surface area contributed by atoms with Crippen LogP contribution in [0.3, 0.4) is 0 Å². The number of hydrogen-bond donors (Lipinski definition) is 0. The van der Waals surface area contributed by atoms with Crippen LogP contribution < -0.4 is 0 Å². The van der Waals surface area contributed by atoms with Gasteiger partial charge < -0.3 is 9.47 Å². The highest BCUT2D eigenvalue weighted by molar-refractivity contribution is 6.05. The van der Waals surface area contributed by atoms with Gasteiger partial charge in [0.2, 0.25) is 0 Å². The standard InChI is InChI=1S/C16H16O4/c1-10-5-3-4-6-12(10)13-9-11-7-8-16(13,14(17)19-2)15(18)20-11/h3-8,11,13H,9H2,1-2H3/t11-,13-,16+/m0/s1. The Morgan fingerprint density at radius 1 is 1.40 bits per heavy atom. The molecule has 3 atom stereocenters. The summed E-state index contributed by atoms with van der Waals surface area (Å²) in [6.45, 7) is 1.98. The molecule has 4 rings (SSSR count). The van der Waals surface area contributed by atoms with Crippen molar-refractivity contribution in [3.8, 4) is 0 Å². The van der Waals surface area contributed by atoms with Gasteiger partial charge in [0.1, 0.15) is 6.10 Å². The largest absolute Gasteiger partial charge is 0.468 e. The summed E-state index contributed by atoms with van der Waals surface area (Å²) >= 11 is 0. The van der Waals surface area contributed by atoms with Gasteiger partial charge in [-0.1, -0.05) is 30.3 Å². The number of carbonyl (C=O) groups is 2. The van der Waals surface area contributed by atoms with Crippen LogP contribution in [-0.4, -0.2) is 25.2 Å². The fraction of sp³-hybridized carbons (Fsp3) is 0.375. The molecule has 1 aromatic carbocycles. The van der Waals surface area contributed by atoms with Gasteiger partial charge in [-0.3, -0.25) is 9.59 Å². The van der Waals surface area contributed by atoms with Crippen molar-refractivity contribution in [2.24, 2.45) is 5.41 Å². The first-order valence-electron chi connectivity index (χ1n) is 6.64. The number of aryl methyl sites for hydroxylation is 1. The van der Waals surface area contributed by atoms with E-state index >= 15 is 0 Å². The van der Waals surface area contributed by atoms with Crippen LogP contribution in [0.15, 0.2) is 36.4 Å². The number of benzene rings is 1. The maximum absolute atomic E-state index is 12.3. The van der Waals surface area contributed by atoms with Crippen molar-refractivity contribution in [3.63, 3.8) is 0 Å². The molecule has 4 heteroatoms. The molecule has 0 unspecified atom stereocenters. The Bertz CT molecular complexity index is 604. The van der Waals surface area contributed by atoms with Crippen molar-refractivity contribution in [2.45, 2.75) is 25.4 Å². The first-order valence-corrected chi connectivity index (χ1v) is 6.64. The Morgan fingerprint density at radius 2 is 2.15 bits per heavy atom. The van der Waals surface area contributed by atoms with Gasteiger partial charge in [0.15, 0.2) is 5.41 Å². The molecule has 0 saturated carbocycles. The normalized spacial score (nSPS) is 31.0. The summed E-state index contributed by atoms with van der Waals surface area (Å²) < 4.78 is 10.2. The SMILES string of the molecule is COC(=O)[C@@]12C=C[C@@H](C[C@H]1c1ccccc1C)OC2=O. The Kier molecular flexibility index (Phi) is 2.89. The summed E-state index contributed by atoms with van der Waals surface area (Å²) in [5.41, 5.74) is 0.730. The minimum atomic E-state index is -1.34. The van der Waals surface area contributed by atoms with E-state index in [1.165, 1.54) is 7.11 Å². The highest BCUT2D eigenvalue weighted by atomic mass is 16.6. The number of esters is 2. The third-order valence-corrected chi connectivity index (χ3v) is 4.27. The number of fused-ring (bicyclic) bond motifs is 2. The lowest BCUT2D eigenvalue weighted by Crippen LogP contribution is -2.53. The Labute approximate surface area is 117 Å². The summed E-state index contributed by atoms with van der Waals surface area (Å²) in [6, 6.07) is 7.81. The molecular formula is C16H16O4. The lowest BCUT2D eigenvalue weighted by Gasteiger charge is -2.44. The van der Waals surface area contributed by atoms with E-state index in [9.17, 15) is 9.59 Å². The van der Waals surface area contributed by atoms with Crippen molar-refractivity contribution < 1.29 is 19.1 Å².